The normalized spacial score (nSPS) is 11.3. The first kappa shape index (κ1) is 22.7. The van der Waals surface area contributed by atoms with Crippen LogP contribution in [0.3, 0.4) is 0 Å². The fourth-order valence-corrected chi connectivity index (χ4v) is 4.11. The Morgan fingerprint density at radius 2 is 1.60 bits per heavy atom. The van der Waals surface area contributed by atoms with Crippen LogP contribution in [0.4, 0.5) is 5.69 Å². The zero-order valence-electron chi connectivity index (χ0n) is 20.3. The number of H-pyrrole nitrogens is 1. The third-order valence-electron chi connectivity index (χ3n) is 6.03. The quantitative estimate of drug-likeness (QED) is 0.351. The summed E-state index contributed by atoms with van der Waals surface area (Å²) in [6, 6.07) is 24.3. The highest BCUT2D eigenvalue weighted by Gasteiger charge is 2.18. The maximum absolute atomic E-state index is 4.97. The van der Waals surface area contributed by atoms with Crippen LogP contribution < -0.4 is 4.90 Å². The molecule has 1 aromatic carbocycles. The molecular weight excluding hydrogens is 434 g/mol. The molecule has 0 bridgehead atoms. The van der Waals surface area contributed by atoms with Gasteiger partial charge in [-0.05, 0) is 62.5 Å². The number of likely N-dealkylation sites (N-methyl/N-ethyl adjacent to an activating group) is 2. The van der Waals surface area contributed by atoms with Gasteiger partial charge in [-0.15, -0.1) is 0 Å². The molecule has 0 amide bonds. The van der Waals surface area contributed by atoms with E-state index in [9.17, 15) is 0 Å². The molecule has 5 aromatic rings. The van der Waals surface area contributed by atoms with E-state index in [1.807, 2.05) is 55.5 Å². The number of aromatic nitrogens is 5. The lowest BCUT2D eigenvalue weighted by atomic mass is 10.1. The molecule has 0 aliphatic rings. The average Bonchev–Trinajstić information content (AvgIpc) is 3.31. The van der Waals surface area contributed by atoms with Crippen molar-refractivity contribution in [2.75, 3.05) is 32.1 Å². The van der Waals surface area contributed by atoms with Gasteiger partial charge in [0.25, 0.3) is 0 Å². The van der Waals surface area contributed by atoms with Gasteiger partial charge in [0.2, 0.25) is 0 Å². The zero-order chi connectivity index (χ0) is 24.2. The van der Waals surface area contributed by atoms with E-state index >= 15 is 0 Å². The lowest BCUT2D eigenvalue weighted by Crippen LogP contribution is -2.30. The number of nitrogens with one attached hydrogen (secondary N) is 1. The highest BCUT2D eigenvalue weighted by Crippen LogP contribution is 2.29. The lowest BCUT2D eigenvalue weighted by molar-refractivity contribution is 0.327. The van der Waals surface area contributed by atoms with Gasteiger partial charge in [0, 0.05) is 37.7 Å². The van der Waals surface area contributed by atoms with Crippen molar-refractivity contribution in [3.8, 4) is 22.8 Å². The lowest BCUT2D eigenvalue weighted by Gasteiger charge is -2.23. The van der Waals surface area contributed by atoms with E-state index in [0.29, 0.717) is 6.54 Å². The zero-order valence-corrected chi connectivity index (χ0v) is 20.3. The molecule has 4 aromatic heterocycles. The molecule has 0 fully saturated rings. The SMILES string of the molecule is Cc1cccc(-c2nc(CN(C)CCN(C)c3ccccc3)[nH]c2-c2ccc3ncccc3n2)n1. The Labute approximate surface area is 205 Å². The summed E-state index contributed by atoms with van der Waals surface area (Å²) in [5.74, 6) is 0.885. The number of fused-ring (bicyclic) bond motifs is 1. The summed E-state index contributed by atoms with van der Waals surface area (Å²) in [7, 11) is 4.24. The smallest absolute Gasteiger partial charge is 0.121 e. The molecule has 7 heteroatoms. The summed E-state index contributed by atoms with van der Waals surface area (Å²) < 4.78 is 0. The molecule has 0 saturated carbocycles. The van der Waals surface area contributed by atoms with Crippen LogP contribution in [0, 0.1) is 6.92 Å². The van der Waals surface area contributed by atoms with Crippen molar-refractivity contribution in [2.24, 2.45) is 0 Å². The van der Waals surface area contributed by atoms with Crippen molar-refractivity contribution in [1.82, 2.24) is 29.8 Å². The van der Waals surface area contributed by atoms with Crippen LogP contribution in [-0.4, -0.2) is 57.0 Å². The monoisotopic (exact) mass is 463 g/mol. The molecule has 0 aliphatic carbocycles. The largest absolute Gasteiger partial charge is 0.373 e. The van der Waals surface area contributed by atoms with Gasteiger partial charge < -0.3 is 9.88 Å². The Morgan fingerprint density at radius 3 is 2.43 bits per heavy atom. The van der Waals surface area contributed by atoms with Crippen molar-refractivity contribution in [2.45, 2.75) is 13.5 Å². The van der Waals surface area contributed by atoms with Gasteiger partial charge in [-0.25, -0.2) is 9.97 Å². The van der Waals surface area contributed by atoms with Crippen molar-refractivity contribution in [1.29, 1.82) is 0 Å². The van der Waals surface area contributed by atoms with E-state index < -0.39 is 0 Å². The second kappa shape index (κ2) is 10.0. The van der Waals surface area contributed by atoms with Crippen LogP contribution in [0.2, 0.25) is 0 Å². The first-order chi connectivity index (χ1) is 17.1. The van der Waals surface area contributed by atoms with Crippen LogP contribution in [0.5, 0.6) is 0 Å². The van der Waals surface area contributed by atoms with Gasteiger partial charge in [0.15, 0.2) is 0 Å². The topological polar surface area (TPSA) is 73.8 Å². The van der Waals surface area contributed by atoms with Crippen LogP contribution in [0.1, 0.15) is 11.5 Å². The number of aryl methyl sites for hydroxylation is 1. The summed E-state index contributed by atoms with van der Waals surface area (Å²) in [6.45, 7) is 4.50. The fraction of sp³-hybridized carbons (Fsp3) is 0.214. The molecule has 0 unspecified atom stereocenters. The number of nitrogens with zero attached hydrogens (tertiary/aromatic N) is 6. The molecule has 0 aliphatic heterocycles. The van der Waals surface area contributed by atoms with Crippen LogP contribution in [-0.2, 0) is 6.54 Å². The fourth-order valence-electron chi connectivity index (χ4n) is 4.11. The molecule has 176 valence electrons. The van der Waals surface area contributed by atoms with Gasteiger partial charge in [-0.1, -0.05) is 24.3 Å². The molecule has 4 heterocycles. The minimum Gasteiger partial charge on any atom is -0.373 e. The number of hydrogen-bond donors (Lipinski definition) is 1. The molecule has 35 heavy (non-hydrogen) atoms. The van der Waals surface area contributed by atoms with E-state index in [-0.39, 0.29) is 0 Å². The minimum atomic E-state index is 0.691. The molecule has 5 rings (SSSR count). The molecule has 0 atom stereocenters. The van der Waals surface area contributed by atoms with Crippen LogP contribution >= 0.6 is 0 Å². The molecule has 1 N–H and O–H groups in total. The number of imidazole rings is 1. The number of pyridine rings is 3. The third-order valence-corrected chi connectivity index (χ3v) is 6.03. The first-order valence-corrected chi connectivity index (χ1v) is 11.8. The summed E-state index contributed by atoms with van der Waals surface area (Å²) in [4.78, 5) is 27.0. The van der Waals surface area contributed by atoms with Gasteiger partial charge >= 0.3 is 0 Å². The number of aromatic amines is 1. The standard InChI is InChI=1S/C28H29N7/c1-20-9-7-12-24(30-20)27-28(25-15-14-22-23(31-25)13-8-16-29-22)33-26(32-27)19-34(2)17-18-35(3)21-10-5-4-6-11-21/h4-16H,17-19H2,1-3H3,(H,32,33). The Hall–Kier alpha value is -4.10. The van der Waals surface area contributed by atoms with Crippen molar-refractivity contribution < 1.29 is 0 Å². The second-order valence-corrected chi connectivity index (χ2v) is 8.80. The molecule has 0 spiro atoms. The maximum atomic E-state index is 4.97. The number of para-hydroxylation sites is 1. The van der Waals surface area contributed by atoms with E-state index in [4.69, 9.17) is 15.0 Å². The Bertz CT molecular complexity index is 1430. The molecule has 7 nitrogen and oxygen atoms in total. The van der Waals surface area contributed by atoms with E-state index in [0.717, 1.165) is 58.4 Å². The van der Waals surface area contributed by atoms with Gasteiger partial charge in [0.1, 0.15) is 11.5 Å². The first-order valence-electron chi connectivity index (χ1n) is 11.8. The summed E-state index contributed by atoms with van der Waals surface area (Å²) in [5, 5.41) is 0. The highest BCUT2D eigenvalue weighted by atomic mass is 15.2. The van der Waals surface area contributed by atoms with E-state index in [1.165, 1.54) is 5.69 Å². The van der Waals surface area contributed by atoms with Crippen molar-refractivity contribution in [3.05, 3.63) is 90.5 Å². The van der Waals surface area contributed by atoms with E-state index in [1.54, 1.807) is 6.20 Å². The summed E-state index contributed by atoms with van der Waals surface area (Å²) in [6.07, 6.45) is 1.78. The number of benzene rings is 1. The summed E-state index contributed by atoms with van der Waals surface area (Å²) in [5.41, 5.74) is 7.24. The highest BCUT2D eigenvalue weighted by molar-refractivity contribution is 5.81. The molecular formula is C28H29N7. The molecule has 0 radical (unpaired) electrons. The van der Waals surface area contributed by atoms with Crippen molar-refractivity contribution >= 4 is 16.7 Å². The predicted molar refractivity (Wildman–Crippen MR) is 141 cm³/mol. The second-order valence-electron chi connectivity index (χ2n) is 8.80. The number of hydrogen-bond acceptors (Lipinski definition) is 6. The number of rotatable bonds is 8. The van der Waals surface area contributed by atoms with Gasteiger partial charge in [-0.3, -0.25) is 14.9 Å². The van der Waals surface area contributed by atoms with Gasteiger partial charge in [-0.2, -0.15) is 0 Å². The van der Waals surface area contributed by atoms with Crippen molar-refractivity contribution in [3.63, 3.8) is 0 Å². The minimum absolute atomic E-state index is 0.691. The van der Waals surface area contributed by atoms with Crippen LogP contribution in [0.25, 0.3) is 33.8 Å². The maximum Gasteiger partial charge on any atom is 0.121 e. The third kappa shape index (κ3) is 5.20. The van der Waals surface area contributed by atoms with E-state index in [2.05, 4.69) is 58.1 Å². The molecule has 0 saturated heterocycles. The Balaban J connectivity index is 1.41. The number of anilines is 1. The Kier molecular flexibility index (Phi) is 6.50. The average molecular weight is 464 g/mol. The Morgan fingerprint density at radius 1 is 0.743 bits per heavy atom. The van der Waals surface area contributed by atoms with Gasteiger partial charge in [0.05, 0.1) is 34.7 Å². The summed E-state index contributed by atoms with van der Waals surface area (Å²) >= 11 is 0. The predicted octanol–water partition coefficient (Wildman–Crippen LogP) is 4.96. The van der Waals surface area contributed by atoms with Crippen LogP contribution in [0.15, 0.2) is 79.0 Å².